The van der Waals surface area contributed by atoms with Crippen molar-refractivity contribution in [2.45, 2.75) is 406 Å². The summed E-state index contributed by atoms with van der Waals surface area (Å²) in [5.41, 5.74) is 0. The number of ether oxygens (including phenoxy) is 3. The van der Waals surface area contributed by atoms with E-state index in [1.165, 1.54) is 283 Å². The van der Waals surface area contributed by atoms with Crippen LogP contribution in [0.25, 0.3) is 0 Å². The van der Waals surface area contributed by atoms with E-state index in [-0.39, 0.29) is 31.1 Å². The molecule has 1 atom stereocenters. The number of carbonyl (C=O) groups is 3. The second-order valence-corrected chi connectivity index (χ2v) is 24.5. The van der Waals surface area contributed by atoms with E-state index in [1.807, 2.05) is 0 Å². The standard InChI is InChI=1S/C74H138O6/c1-4-7-10-13-16-19-22-25-28-30-32-33-34-35-36-37-38-39-40-41-42-43-45-46-49-52-55-58-61-64-67-73(76)79-70-71(69-78-72(75)66-63-60-57-54-51-48-27-24-21-18-15-12-9-6-3)80-74(77)68-65-62-59-56-53-50-47-44-31-29-26-23-20-17-14-11-8-5-2/h20,23-24,27,29,31,71H,4-19,21-22,25-26,28,30,32-70H2,1-3H3/b23-20-,27-24-,31-29-. The van der Waals surface area contributed by atoms with Crippen molar-refractivity contribution in [2.24, 2.45) is 0 Å². The summed E-state index contributed by atoms with van der Waals surface area (Å²) in [5.74, 6) is -0.864. The summed E-state index contributed by atoms with van der Waals surface area (Å²) in [6.45, 7) is 6.67. The molecule has 0 radical (unpaired) electrons. The first-order valence-electron chi connectivity index (χ1n) is 36.0. The normalized spacial score (nSPS) is 12.2. The molecular weight excluding hydrogens is 985 g/mol. The molecule has 0 aliphatic heterocycles. The van der Waals surface area contributed by atoms with E-state index < -0.39 is 6.10 Å². The molecule has 0 saturated heterocycles. The molecule has 0 spiro atoms. The summed E-state index contributed by atoms with van der Waals surface area (Å²) < 4.78 is 17.0. The van der Waals surface area contributed by atoms with Gasteiger partial charge in [0, 0.05) is 19.3 Å². The Hall–Kier alpha value is -2.37. The molecule has 470 valence electrons. The average Bonchev–Trinajstić information content (AvgIpc) is 3.46. The largest absolute Gasteiger partial charge is 0.462 e. The maximum absolute atomic E-state index is 12.9. The average molecular weight is 1120 g/mol. The molecule has 0 aromatic rings. The van der Waals surface area contributed by atoms with E-state index in [1.54, 1.807) is 0 Å². The molecule has 0 aromatic heterocycles. The van der Waals surface area contributed by atoms with Gasteiger partial charge in [0.05, 0.1) is 0 Å². The van der Waals surface area contributed by atoms with Gasteiger partial charge in [0.25, 0.3) is 0 Å². The molecule has 0 aliphatic carbocycles. The predicted octanol–water partition coefficient (Wildman–Crippen LogP) is 24.7. The van der Waals surface area contributed by atoms with Gasteiger partial charge in [-0.1, -0.05) is 340 Å². The third-order valence-electron chi connectivity index (χ3n) is 16.4. The van der Waals surface area contributed by atoms with Gasteiger partial charge >= 0.3 is 17.9 Å². The summed E-state index contributed by atoms with van der Waals surface area (Å²) in [6.07, 6.45) is 86.2. The van der Waals surface area contributed by atoms with Crippen LogP contribution in [0, 0.1) is 0 Å². The fourth-order valence-electron chi connectivity index (χ4n) is 10.9. The highest BCUT2D eigenvalue weighted by molar-refractivity contribution is 5.71. The molecule has 6 heteroatoms. The van der Waals surface area contributed by atoms with E-state index in [2.05, 4.69) is 57.2 Å². The number of allylic oxidation sites excluding steroid dienone is 6. The highest BCUT2D eigenvalue weighted by atomic mass is 16.6. The molecule has 0 aliphatic rings. The topological polar surface area (TPSA) is 78.9 Å². The molecule has 0 fully saturated rings. The van der Waals surface area contributed by atoms with Crippen molar-refractivity contribution < 1.29 is 28.6 Å². The lowest BCUT2D eigenvalue weighted by Gasteiger charge is -2.18. The van der Waals surface area contributed by atoms with Crippen molar-refractivity contribution in [3.63, 3.8) is 0 Å². The minimum absolute atomic E-state index is 0.0737. The number of esters is 3. The summed E-state index contributed by atoms with van der Waals surface area (Å²) >= 11 is 0. The lowest BCUT2D eigenvalue weighted by Crippen LogP contribution is -2.30. The SMILES string of the molecule is CCCCCC/C=C\C/C=C\CCCCCCCCCC(=O)OC(COC(=O)CCCCCCC/C=C\CCCCCCC)COC(=O)CCCCCCCCCCCCCCCCCCCCCCCCCCCCCCCC. The van der Waals surface area contributed by atoms with Crippen LogP contribution in [0.2, 0.25) is 0 Å². The van der Waals surface area contributed by atoms with Crippen LogP contribution in [0.1, 0.15) is 400 Å². The smallest absolute Gasteiger partial charge is 0.306 e. The number of rotatable bonds is 67. The molecule has 1 unspecified atom stereocenters. The Morgan fingerprint density at radius 2 is 0.450 bits per heavy atom. The Morgan fingerprint density at radius 1 is 0.250 bits per heavy atom. The van der Waals surface area contributed by atoms with Crippen LogP contribution in [0.3, 0.4) is 0 Å². The first kappa shape index (κ1) is 77.6. The third-order valence-corrected chi connectivity index (χ3v) is 16.4. The summed E-state index contributed by atoms with van der Waals surface area (Å²) in [7, 11) is 0. The molecule has 0 aromatic carbocycles. The monoisotopic (exact) mass is 1120 g/mol. The quantitative estimate of drug-likeness (QED) is 0.0261. The van der Waals surface area contributed by atoms with Gasteiger partial charge in [0.15, 0.2) is 6.10 Å². The Bertz CT molecular complexity index is 1340. The minimum atomic E-state index is -0.779. The first-order valence-corrected chi connectivity index (χ1v) is 36.0. The van der Waals surface area contributed by atoms with Crippen molar-refractivity contribution in [3.05, 3.63) is 36.5 Å². The van der Waals surface area contributed by atoms with E-state index in [0.717, 1.165) is 77.0 Å². The van der Waals surface area contributed by atoms with Crippen LogP contribution >= 0.6 is 0 Å². The predicted molar refractivity (Wildman–Crippen MR) is 349 cm³/mol. The van der Waals surface area contributed by atoms with Gasteiger partial charge in [-0.2, -0.15) is 0 Å². The van der Waals surface area contributed by atoms with Gasteiger partial charge in [0.2, 0.25) is 0 Å². The Morgan fingerprint density at radius 3 is 0.713 bits per heavy atom. The minimum Gasteiger partial charge on any atom is -0.462 e. The molecule has 0 heterocycles. The van der Waals surface area contributed by atoms with E-state index >= 15 is 0 Å². The van der Waals surface area contributed by atoms with Gasteiger partial charge in [-0.3, -0.25) is 14.4 Å². The second-order valence-electron chi connectivity index (χ2n) is 24.5. The zero-order chi connectivity index (χ0) is 57.8. The van der Waals surface area contributed by atoms with Gasteiger partial charge in [-0.15, -0.1) is 0 Å². The van der Waals surface area contributed by atoms with E-state index in [4.69, 9.17) is 14.2 Å². The van der Waals surface area contributed by atoms with Crippen LogP contribution in [0.15, 0.2) is 36.5 Å². The van der Waals surface area contributed by atoms with Crippen molar-refractivity contribution in [1.82, 2.24) is 0 Å². The zero-order valence-corrected chi connectivity index (χ0v) is 54.1. The molecule has 0 saturated carbocycles. The molecular formula is C74H138O6. The maximum Gasteiger partial charge on any atom is 0.306 e. The highest BCUT2D eigenvalue weighted by Crippen LogP contribution is 2.19. The Labute approximate surface area is 499 Å². The molecule has 0 rings (SSSR count). The van der Waals surface area contributed by atoms with Crippen molar-refractivity contribution in [3.8, 4) is 0 Å². The first-order chi connectivity index (χ1) is 39.5. The fraction of sp³-hybridized carbons (Fsp3) is 0.878. The zero-order valence-electron chi connectivity index (χ0n) is 54.1. The maximum atomic E-state index is 12.9. The van der Waals surface area contributed by atoms with E-state index in [9.17, 15) is 14.4 Å². The molecule has 80 heavy (non-hydrogen) atoms. The third kappa shape index (κ3) is 66.4. The summed E-state index contributed by atoms with van der Waals surface area (Å²) in [5, 5.41) is 0. The van der Waals surface area contributed by atoms with Crippen LogP contribution < -0.4 is 0 Å². The lowest BCUT2D eigenvalue weighted by molar-refractivity contribution is -0.167. The Balaban J connectivity index is 4.18. The molecule has 0 N–H and O–H groups in total. The van der Waals surface area contributed by atoms with Gasteiger partial charge in [0.1, 0.15) is 13.2 Å². The van der Waals surface area contributed by atoms with Crippen LogP contribution in [-0.4, -0.2) is 37.2 Å². The van der Waals surface area contributed by atoms with Crippen LogP contribution in [0.5, 0.6) is 0 Å². The number of hydrogen-bond donors (Lipinski definition) is 0. The molecule has 6 nitrogen and oxygen atoms in total. The summed E-state index contributed by atoms with van der Waals surface area (Å²) in [6, 6.07) is 0. The molecule has 0 bridgehead atoms. The number of hydrogen-bond acceptors (Lipinski definition) is 6. The second kappa shape index (κ2) is 69.1. The number of unbranched alkanes of at least 4 members (excludes halogenated alkanes) is 50. The van der Waals surface area contributed by atoms with Crippen molar-refractivity contribution >= 4 is 17.9 Å². The van der Waals surface area contributed by atoms with Gasteiger partial charge in [-0.05, 0) is 77.0 Å². The lowest BCUT2D eigenvalue weighted by atomic mass is 10.0. The van der Waals surface area contributed by atoms with Crippen LogP contribution in [-0.2, 0) is 28.6 Å². The number of carbonyl (C=O) groups excluding carboxylic acids is 3. The van der Waals surface area contributed by atoms with E-state index in [0.29, 0.717) is 19.3 Å². The van der Waals surface area contributed by atoms with Crippen molar-refractivity contribution in [1.29, 1.82) is 0 Å². The highest BCUT2D eigenvalue weighted by Gasteiger charge is 2.19. The fourth-order valence-corrected chi connectivity index (χ4v) is 10.9. The molecule has 0 amide bonds. The van der Waals surface area contributed by atoms with Gasteiger partial charge < -0.3 is 14.2 Å². The van der Waals surface area contributed by atoms with Gasteiger partial charge in [-0.25, -0.2) is 0 Å². The summed E-state index contributed by atoms with van der Waals surface area (Å²) in [4.78, 5) is 38.4. The Kier molecular flexibility index (Phi) is 67.1. The van der Waals surface area contributed by atoms with Crippen LogP contribution in [0.4, 0.5) is 0 Å². The van der Waals surface area contributed by atoms with Crippen molar-refractivity contribution in [2.75, 3.05) is 13.2 Å².